The molecule has 1 saturated carbocycles. The number of hydroxylamine groups is 1. The topological polar surface area (TPSA) is 21.3 Å². The van der Waals surface area contributed by atoms with E-state index in [2.05, 4.69) is 72.2 Å². The van der Waals surface area contributed by atoms with Gasteiger partial charge in [0.05, 0.1) is 0 Å². The average Bonchev–Trinajstić information content (AvgIpc) is 3.06. The van der Waals surface area contributed by atoms with E-state index in [0.29, 0.717) is 0 Å². The molecule has 2 aromatic rings. The van der Waals surface area contributed by atoms with Gasteiger partial charge in [0.1, 0.15) is 5.60 Å². The molecule has 1 aliphatic carbocycles. The first-order chi connectivity index (χ1) is 10.8. The summed E-state index contributed by atoms with van der Waals surface area (Å²) in [5.41, 5.74) is 5.75. The van der Waals surface area contributed by atoms with Crippen LogP contribution in [0.2, 0.25) is 0 Å². The summed E-state index contributed by atoms with van der Waals surface area (Å²) in [6.07, 6.45) is 8.41. The molecule has 2 heteroatoms. The monoisotopic (exact) mass is 291 g/mol. The van der Waals surface area contributed by atoms with Crippen molar-refractivity contribution in [3.8, 4) is 0 Å². The third-order valence-corrected chi connectivity index (χ3v) is 5.32. The zero-order valence-electron chi connectivity index (χ0n) is 12.7. The highest BCUT2D eigenvalue weighted by molar-refractivity contribution is 5.40. The lowest BCUT2D eigenvalue weighted by molar-refractivity contribution is -0.0664. The minimum Gasteiger partial charge on any atom is -0.274 e. The van der Waals surface area contributed by atoms with E-state index in [1.165, 1.54) is 11.1 Å². The van der Waals surface area contributed by atoms with Crippen molar-refractivity contribution in [2.75, 3.05) is 0 Å². The molecule has 0 aromatic heterocycles. The summed E-state index contributed by atoms with van der Waals surface area (Å²) in [6, 6.07) is 21.9. The van der Waals surface area contributed by atoms with Crippen LogP contribution in [0.3, 0.4) is 0 Å². The highest BCUT2D eigenvalue weighted by Crippen LogP contribution is 2.49. The molecule has 0 atom stereocenters. The number of benzene rings is 2. The summed E-state index contributed by atoms with van der Waals surface area (Å²) in [5.74, 6) is 0. The number of hydrogen-bond acceptors (Lipinski definition) is 2. The molecule has 2 nitrogen and oxygen atoms in total. The average molecular weight is 291 g/mol. The van der Waals surface area contributed by atoms with Gasteiger partial charge < -0.3 is 0 Å². The van der Waals surface area contributed by atoms with Crippen LogP contribution in [0.1, 0.15) is 36.8 Å². The zero-order chi connectivity index (χ0) is 14.9. The maximum absolute atomic E-state index is 5.79. The minimum absolute atomic E-state index is 0.104. The highest BCUT2D eigenvalue weighted by atomic mass is 16.7. The van der Waals surface area contributed by atoms with E-state index in [9.17, 15) is 0 Å². The molecule has 0 saturated heterocycles. The Labute approximate surface area is 131 Å². The Morgan fingerprint density at radius 1 is 0.727 bits per heavy atom. The van der Waals surface area contributed by atoms with E-state index in [0.717, 1.165) is 25.7 Å². The fourth-order valence-electron chi connectivity index (χ4n) is 4.00. The fourth-order valence-corrected chi connectivity index (χ4v) is 4.00. The van der Waals surface area contributed by atoms with Crippen molar-refractivity contribution >= 4 is 0 Å². The van der Waals surface area contributed by atoms with Gasteiger partial charge in [0, 0.05) is 11.6 Å². The molecule has 4 rings (SSSR count). The van der Waals surface area contributed by atoms with Gasteiger partial charge in [0.2, 0.25) is 0 Å². The molecule has 0 unspecified atom stereocenters. The molecule has 1 spiro atoms. The van der Waals surface area contributed by atoms with Gasteiger partial charge in [-0.2, -0.15) is 0 Å². The van der Waals surface area contributed by atoms with Gasteiger partial charge in [-0.1, -0.05) is 60.7 Å². The van der Waals surface area contributed by atoms with Crippen molar-refractivity contribution in [1.29, 1.82) is 0 Å². The van der Waals surface area contributed by atoms with Gasteiger partial charge in [-0.15, -0.1) is 0 Å². The van der Waals surface area contributed by atoms with Gasteiger partial charge in [-0.25, -0.2) is 0 Å². The van der Waals surface area contributed by atoms with Crippen molar-refractivity contribution in [1.82, 2.24) is 5.48 Å². The summed E-state index contributed by atoms with van der Waals surface area (Å²) in [6.45, 7) is 0. The van der Waals surface area contributed by atoms with Crippen molar-refractivity contribution in [2.45, 2.75) is 36.7 Å². The van der Waals surface area contributed by atoms with Crippen LogP contribution in [0.5, 0.6) is 0 Å². The third kappa shape index (κ3) is 2.15. The van der Waals surface area contributed by atoms with Crippen LogP contribution < -0.4 is 5.48 Å². The normalized spacial score (nSPS) is 21.6. The van der Waals surface area contributed by atoms with Crippen LogP contribution in [0.25, 0.3) is 0 Å². The molecule has 1 fully saturated rings. The molecule has 0 bridgehead atoms. The summed E-state index contributed by atoms with van der Waals surface area (Å²) in [7, 11) is 0. The van der Waals surface area contributed by atoms with Crippen molar-refractivity contribution in [3.63, 3.8) is 0 Å². The lowest BCUT2D eigenvalue weighted by Gasteiger charge is -2.44. The predicted molar refractivity (Wildman–Crippen MR) is 88.2 cm³/mol. The molecule has 2 aliphatic rings. The standard InChI is InChI=1S/C20H21NO/c1-3-7-17(8-4-1)20(18-9-5-2-6-10-18)13-11-19(12-14-20)15-16-21-22-19/h1-10,15-16,21H,11-14H2. The summed E-state index contributed by atoms with van der Waals surface area (Å²) in [5, 5.41) is 0. The largest absolute Gasteiger partial charge is 0.274 e. The van der Waals surface area contributed by atoms with Crippen molar-refractivity contribution < 1.29 is 4.84 Å². The first-order valence-electron chi connectivity index (χ1n) is 8.05. The Hall–Kier alpha value is -2.06. The fraction of sp³-hybridized carbons (Fsp3) is 0.300. The number of nitrogens with one attached hydrogen (secondary N) is 1. The Morgan fingerprint density at radius 3 is 1.73 bits per heavy atom. The summed E-state index contributed by atoms with van der Waals surface area (Å²) < 4.78 is 0. The number of rotatable bonds is 2. The molecule has 0 radical (unpaired) electrons. The quantitative estimate of drug-likeness (QED) is 0.889. The van der Waals surface area contributed by atoms with Crippen molar-refractivity contribution in [2.24, 2.45) is 0 Å². The van der Waals surface area contributed by atoms with E-state index < -0.39 is 0 Å². The maximum atomic E-state index is 5.79. The van der Waals surface area contributed by atoms with E-state index in [4.69, 9.17) is 4.84 Å². The Balaban J connectivity index is 1.74. The molecule has 0 amide bonds. The lowest BCUT2D eigenvalue weighted by atomic mass is 9.62. The smallest absolute Gasteiger partial charge is 0.116 e. The third-order valence-electron chi connectivity index (χ3n) is 5.32. The highest BCUT2D eigenvalue weighted by Gasteiger charge is 2.45. The van der Waals surface area contributed by atoms with E-state index in [1.54, 1.807) is 0 Å². The predicted octanol–water partition coefficient (Wildman–Crippen LogP) is 4.33. The van der Waals surface area contributed by atoms with E-state index in [-0.39, 0.29) is 11.0 Å². The van der Waals surface area contributed by atoms with Gasteiger partial charge in [0.15, 0.2) is 0 Å². The number of hydrogen-bond donors (Lipinski definition) is 1. The molecule has 1 heterocycles. The first-order valence-corrected chi connectivity index (χ1v) is 8.05. The molecule has 1 aliphatic heterocycles. The van der Waals surface area contributed by atoms with Gasteiger partial charge in [-0.05, 0) is 42.9 Å². The van der Waals surface area contributed by atoms with Crippen LogP contribution in [0, 0.1) is 0 Å². The van der Waals surface area contributed by atoms with Gasteiger partial charge in [-0.3, -0.25) is 10.3 Å². The molecular weight excluding hydrogens is 270 g/mol. The molecule has 22 heavy (non-hydrogen) atoms. The second-order valence-electron chi connectivity index (χ2n) is 6.43. The molecule has 2 aromatic carbocycles. The second-order valence-corrected chi connectivity index (χ2v) is 6.43. The van der Waals surface area contributed by atoms with Crippen LogP contribution >= 0.6 is 0 Å². The second kappa shape index (κ2) is 5.29. The molecule has 112 valence electrons. The van der Waals surface area contributed by atoms with E-state index in [1.807, 2.05) is 6.20 Å². The Kier molecular flexibility index (Phi) is 3.27. The van der Waals surface area contributed by atoms with Crippen molar-refractivity contribution in [3.05, 3.63) is 84.1 Å². The lowest BCUT2D eigenvalue weighted by Crippen LogP contribution is -2.42. The Morgan fingerprint density at radius 2 is 1.27 bits per heavy atom. The maximum Gasteiger partial charge on any atom is 0.116 e. The van der Waals surface area contributed by atoms with Gasteiger partial charge in [0.25, 0.3) is 0 Å². The zero-order valence-corrected chi connectivity index (χ0v) is 12.7. The minimum atomic E-state index is -0.104. The Bertz CT molecular complexity index is 613. The van der Waals surface area contributed by atoms with E-state index >= 15 is 0 Å². The summed E-state index contributed by atoms with van der Waals surface area (Å²) in [4.78, 5) is 5.79. The molecule has 1 N–H and O–H groups in total. The van der Waals surface area contributed by atoms with Crippen LogP contribution in [-0.2, 0) is 10.3 Å². The molecular formula is C20H21NO. The van der Waals surface area contributed by atoms with Crippen LogP contribution in [-0.4, -0.2) is 5.60 Å². The summed E-state index contributed by atoms with van der Waals surface area (Å²) >= 11 is 0. The first kappa shape index (κ1) is 13.6. The van der Waals surface area contributed by atoms with Crippen LogP contribution in [0.4, 0.5) is 0 Å². The van der Waals surface area contributed by atoms with Crippen LogP contribution in [0.15, 0.2) is 72.9 Å². The SMILES string of the molecule is C1=CC2(CCC(c3ccccc3)(c3ccccc3)CC2)ON1. The van der Waals surface area contributed by atoms with Gasteiger partial charge >= 0.3 is 0 Å².